The van der Waals surface area contributed by atoms with Crippen molar-refractivity contribution >= 4 is 15.9 Å². The van der Waals surface area contributed by atoms with Crippen LogP contribution < -0.4 is 5.32 Å². The van der Waals surface area contributed by atoms with Gasteiger partial charge in [0, 0.05) is 26.1 Å². The fourth-order valence-corrected chi connectivity index (χ4v) is 3.89. The summed E-state index contributed by atoms with van der Waals surface area (Å²) in [4.78, 5) is 11.7. The molecule has 1 aliphatic carbocycles. The van der Waals surface area contributed by atoms with Gasteiger partial charge >= 0.3 is 5.76 Å². The lowest BCUT2D eigenvalue weighted by molar-refractivity contribution is -0.121. The summed E-state index contributed by atoms with van der Waals surface area (Å²) in [5, 5.41) is 2.88. The van der Waals surface area contributed by atoms with Crippen molar-refractivity contribution in [2.45, 2.75) is 50.7 Å². The van der Waals surface area contributed by atoms with E-state index in [4.69, 9.17) is 0 Å². The lowest BCUT2D eigenvalue weighted by atomic mass is 9.82. The highest BCUT2D eigenvalue weighted by molar-refractivity contribution is 7.89. The molecule has 0 aromatic carbocycles. The Morgan fingerprint density at radius 1 is 1.14 bits per heavy atom. The highest BCUT2D eigenvalue weighted by Gasteiger charge is 2.34. The number of carbonyl (C=O) groups is 1. The van der Waals surface area contributed by atoms with E-state index in [1.807, 2.05) is 0 Å². The second-order valence-corrected chi connectivity index (χ2v) is 8.19. The number of carbonyl (C=O) groups excluding carboxylic acids is 1. The van der Waals surface area contributed by atoms with E-state index in [1.165, 1.54) is 19.3 Å². The molecule has 0 aromatic heterocycles. The molecule has 0 bridgehead atoms. The molecule has 8 heteroatoms. The molecule has 0 spiro atoms. The molecule has 2 aliphatic rings. The van der Waals surface area contributed by atoms with Crippen molar-refractivity contribution in [1.82, 2.24) is 9.62 Å². The van der Waals surface area contributed by atoms with Gasteiger partial charge in [-0.1, -0.05) is 19.3 Å². The minimum absolute atomic E-state index is 0.0366. The van der Waals surface area contributed by atoms with Crippen LogP contribution in [-0.4, -0.2) is 44.0 Å². The topological polar surface area (TPSA) is 66.5 Å². The summed E-state index contributed by atoms with van der Waals surface area (Å²) in [6.07, 6.45) is 6.23. The third-order valence-electron chi connectivity index (χ3n) is 4.75. The zero-order valence-corrected chi connectivity index (χ0v) is 13.5. The van der Waals surface area contributed by atoms with Gasteiger partial charge in [0.05, 0.1) is 0 Å². The Balaban J connectivity index is 1.63. The number of sulfonamides is 1. The van der Waals surface area contributed by atoms with Gasteiger partial charge in [0.25, 0.3) is 10.0 Å². The van der Waals surface area contributed by atoms with Crippen molar-refractivity contribution in [3.05, 3.63) is 0 Å². The van der Waals surface area contributed by atoms with Crippen LogP contribution >= 0.6 is 0 Å². The fraction of sp³-hybridized carbons (Fsp3) is 0.929. The molecule has 0 atom stereocenters. The first-order valence-electron chi connectivity index (χ1n) is 7.93. The average Bonchev–Trinajstić information content (AvgIpc) is 2.43. The Hall–Kier alpha value is -0.760. The Kier molecular flexibility index (Phi) is 6.14. The zero-order valence-electron chi connectivity index (χ0n) is 12.6. The number of alkyl halides is 2. The van der Waals surface area contributed by atoms with E-state index in [0.717, 1.165) is 10.7 Å². The van der Waals surface area contributed by atoms with E-state index in [1.54, 1.807) is 0 Å². The molecule has 1 aliphatic heterocycles. The van der Waals surface area contributed by atoms with Crippen LogP contribution in [0, 0.1) is 11.8 Å². The van der Waals surface area contributed by atoms with Crippen LogP contribution in [0.3, 0.4) is 0 Å². The molecule has 5 nitrogen and oxygen atoms in total. The quantitative estimate of drug-likeness (QED) is 0.771. The minimum atomic E-state index is -4.46. The molecular weight excluding hydrogens is 314 g/mol. The van der Waals surface area contributed by atoms with Gasteiger partial charge in [-0.05, 0) is 31.1 Å². The minimum Gasteiger partial charge on any atom is -0.356 e. The number of halogens is 2. The van der Waals surface area contributed by atoms with Crippen LogP contribution in [0.2, 0.25) is 0 Å². The van der Waals surface area contributed by atoms with Gasteiger partial charge in [-0.15, -0.1) is 0 Å². The summed E-state index contributed by atoms with van der Waals surface area (Å²) < 4.78 is 48.4. The maximum atomic E-state index is 12.4. The largest absolute Gasteiger partial charge is 0.356 e. The Morgan fingerprint density at radius 3 is 2.27 bits per heavy atom. The Morgan fingerprint density at radius 2 is 1.77 bits per heavy atom. The number of hydrogen-bond acceptors (Lipinski definition) is 3. The SMILES string of the molecule is O=C(CCC1CCC1)NCC1CCN(S(=O)(=O)C(F)F)CC1. The third-order valence-corrected chi connectivity index (χ3v) is 6.29. The molecule has 1 heterocycles. The lowest BCUT2D eigenvalue weighted by Crippen LogP contribution is -2.43. The molecular formula is C14H24F2N2O3S. The number of amides is 1. The smallest absolute Gasteiger partial charge is 0.350 e. The Bertz CT molecular complexity index is 472. The van der Waals surface area contributed by atoms with Crippen LogP contribution in [-0.2, 0) is 14.8 Å². The standard InChI is InChI=1S/C14H24F2N2O3S/c15-14(16)22(20,21)18-8-6-12(7-9-18)10-17-13(19)5-4-11-2-1-3-11/h11-12,14H,1-10H2,(H,17,19). The molecule has 2 rings (SSSR count). The predicted molar refractivity (Wildman–Crippen MR) is 78.8 cm³/mol. The first-order valence-corrected chi connectivity index (χ1v) is 9.43. The summed E-state index contributed by atoms with van der Waals surface area (Å²) in [5.41, 5.74) is 0. The average molecular weight is 338 g/mol. The van der Waals surface area contributed by atoms with E-state index in [0.29, 0.717) is 31.7 Å². The second kappa shape index (κ2) is 7.68. The molecule has 22 heavy (non-hydrogen) atoms. The predicted octanol–water partition coefficient (Wildman–Crippen LogP) is 1.95. The highest BCUT2D eigenvalue weighted by atomic mass is 32.2. The molecule has 1 saturated carbocycles. The van der Waals surface area contributed by atoms with E-state index in [2.05, 4.69) is 5.32 Å². The first-order chi connectivity index (χ1) is 10.4. The van der Waals surface area contributed by atoms with E-state index >= 15 is 0 Å². The van der Waals surface area contributed by atoms with Gasteiger partial charge in [-0.3, -0.25) is 4.79 Å². The number of piperidine rings is 1. The molecule has 2 fully saturated rings. The van der Waals surface area contributed by atoms with Crippen molar-refractivity contribution in [3.63, 3.8) is 0 Å². The van der Waals surface area contributed by atoms with Gasteiger partial charge in [0.2, 0.25) is 5.91 Å². The third kappa shape index (κ3) is 4.62. The van der Waals surface area contributed by atoms with E-state index in [-0.39, 0.29) is 24.9 Å². The van der Waals surface area contributed by atoms with E-state index in [9.17, 15) is 22.0 Å². The molecule has 1 saturated heterocycles. The van der Waals surface area contributed by atoms with Crippen LogP contribution in [0.25, 0.3) is 0 Å². The molecule has 1 N–H and O–H groups in total. The second-order valence-electron chi connectivity index (χ2n) is 6.29. The summed E-state index contributed by atoms with van der Waals surface area (Å²) in [6.45, 7) is 0.719. The van der Waals surface area contributed by atoms with Crippen LogP contribution in [0.15, 0.2) is 0 Å². The summed E-state index contributed by atoms with van der Waals surface area (Å²) in [6, 6.07) is 0. The summed E-state index contributed by atoms with van der Waals surface area (Å²) >= 11 is 0. The summed E-state index contributed by atoms with van der Waals surface area (Å²) in [5.74, 6) is -2.45. The molecule has 1 amide bonds. The van der Waals surface area contributed by atoms with Crippen LogP contribution in [0.5, 0.6) is 0 Å². The van der Waals surface area contributed by atoms with E-state index < -0.39 is 15.8 Å². The molecule has 0 unspecified atom stereocenters. The van der Waals surface area contributed by atoms with Crippen LogP contribution in [0.1, 0.15) is 44.9 Å². The van der Waals surface area contributed by atoms with Crippen molar-refractivity contribution in [3.8, 4) is 0 Å². The van der Waals surface area contributed by atoms with Gasteiger partial charge in [-0.2, -0.15) is 13.1 Å². The number of nitrogens with one attached hydrogen (secondary N) is 1. The molecule has 0 radical (unpaired) electrons. The maximum absolute atomic E-state index is 12.4. The van der Waals surface area contributed by atoms with Gasteiger partial charge in [0.15, 0.2) is 0 Å². The Labute approximate surface area is 130 Å². The zero-order chi connectivity index (χ0) is 16.2. The van der Waals surface area contributed by atoms with Gasteiger partial charge in [-0.25, -0.2) is 8.42 Å². The van der Waals surface area contributed by atoms with Gasteiger partial charge < -0.3 is 5.32 Å². The maximum Gasteiger partial charge on any atom is 0.350 e. The fourth-order valence-electron chi connectivity index (χ4n) is 2.94. The lowest BCUT2D eigenvalue weighted by Gasteiger charge is -2.31. The van der Waals surface area contributed by atoms with Crippen molar-refractivity contribution in [1.29, 1.82) is 0 Å². The molecule has 0 aromatic rings. The number of rotatable bonds is 7. The van der Waals surface area contributed by atoms with Gasteiger partial charge in [0.1, 0.15) is 0 Å². The number of nitrogens with zero attached hydrogens (tertiary/aromatic N) is 1. The van der Waals surface area contributed by atoms with Crippen molar-refractivity contribution < 1.29 is 22.0 Å². The highest BCUT2D eigenvalue weighted by Crippen LogP contribution is 2.30. The monoisotopic (exact) mass is 338 g/mol. The van der Waals surface area contributed by atoms with Crippen molar-refractivity contribution in [2.24, 2.45) is 11.8 Å². The first kappa shape index (κ1) is 17.6. The number of hydrogen-bond donors (Lipinski definition) is 1. The summed E-state index contributed by atoms with van der Waals surface area (Å²) in [7, 11) is -4.46. The normalized spacial score (nSPS) is 21.8. The van der Waals surface area contributed by atoms with Crippen LogP contribution in [0.4, 0.5) is 8.78 Å². The van der Waals surface area contributed by atoms with Crippen molar-refractivity contribution in [2.75, 3.05) is 19.6 Å². The molecule has 128 valence electrons.